The molecule has 1 nitrogen and oxygen atoms in total. The average Bonchev–Trinajstić information content (AvgIpc) is 1.97. The van der Waals surface area contributed by atoms with Crippen LogP contribution in [-0.2, 0) is 0 Å². The molecule has 0 amide bonds. The van der Waals surface area contributed by atoms with Gasteiger partial charge in [-0.2, -0.15) is 11.8 Å². The third kappa shape index (κ3) is 1.19. The van der Waals surface area contributed by atoms with Gasteiger partial charge in [-0.3, -0.25) is 0 Å². The maximum Gasteiger partial charge on any atom is 0.0307 e. The summed E-state index contributed by atoms with van der Waals surface area (Å²) in [5.41, 5.74) is 5.72. The molecule has 2 N–H and O–H groups in total. The summed E-state index contributed by atoms with van der Waals surface area (Å²) in [5, 5.41) is 0. The first kappa shape index (κ1) is 8.41. The SMILES string of the molecule is CCSC1(CN)CCC1C. The minimum Gasteiger partial charge on any atom is -0.329 e. The van der Waals surface area contributed by atoms with Crippen molar-refractivity contribution in [1.82, 2.24) is 0 Å². The Labute approximate surface area is 67.8 Å². The molecule has 60 valence electrons. The van der Waals surface area contributed by atoms with Gasteiger partial charge in [-0.05, 0) is 24.5 Å². The molecular formula is C8H17NS. The van der Waals surface area contributed by atoms with Gasteiger partial charge in [0, 0.05) is 11.3 Å². The molecule has 1 aliphatic rings. The first-order chi connectivity index (χ1) is 4.75. The van der Waals surface area contributed by atoms with E-state index in [1.54, 1.807) is 0 Å². The first-order valence-corrected chi connectivity index (χ1v) is 5.08. The highest BCUT2D eigenvalue weighted by molar-refractivity contribution is 8.00. The predicted octanol–water partition coefficient (Wildman–Crippen LogP) is 1.87. The minimum atomic E-state index is 0.467. The number of hydrogen-bond donors (Lipinski definition) is 1. The molecular weight excluding hydrogens is 142 g/mol. The van der Waals surface area contributed by atoms with E-state index >= 15 is 0 Å². The largest absolute Gasteiger partial charge is 0.329 e. The molecule has 0 aromatic rings. The van der Waals surface area contributed by atoms with Gasteiger partial charge in [-0.1, -0.05) is 13.8 Å². The Bertz CT molecular complexity index is 112. The summed E-state index contributed by atoms with van der Waals surface area (Å²) in [6.45, 7) is 5.40. The van der Waals surface area contributed by atoms with Crippen LogP contribution in [0, 0.1) is 5.92 Å². The number of nitrogens with two attached hydrogens (primary N) is 1. The van der Waals surface area contributed by atoms with Crippen molar-refractivity contribution in [3.05, 3.63) is 0 Å². The molecule has 0 heterocycles. The van der Waals surface area contributed by atoms with Crippen LogP contribution in [0.1, 0.15) is 26.7 Å². The van der Waals surface area contributed by atoms with Gasteiger partial charge in [-0.15, -0.1) is 0 Å². The lowest BCUT2D eigenvalue weighted by Crippen LogP contribution is -2.48. The molecule has 0 bridgehead atoms. The van der Waals surface area contributed by atoms with Crippen LogP contribution >= 0.6 is 11.8 Å². The van der Waals surface area contributed by atoms with Gasteiger partial charge in [0.25, 0.3) is 0 Å². The Morgan fingerprint density at radius 3 is 2.50 bits per heavy atom. The van der Waals surface area contributed by atoms with Crippen LogP contribution < -0.4 is 5.73 Å². The van der Waals surface area contributed by atoms with Gasteiger partial charge >= 0.3 is 0 Å². The fraction of sp³-hybridized carbons (Fsp3) is 1.00. The Kier molecular flexibility index (Phi) is 2.64. The summed E-state index contributed by atoms with van der Waals surface area (Å²) in [4.78, 5) is 0. The molecule has 2 heteroatoms. The van der Waals surface area contributed by atoms with Crippen molar-refractivity contribution in [3.8, 4) is 0 Å². The van der Waals surface area contributed by atoms with Crippen LogP contribution in [0.4, 0.5) is 0 Å². The summed E-state index contributed by atoms with van der Waals surface area (Å²) in [6, 6.07) is 0. The van der Waals surface area contributed by atoms with E-state index in [4.69, 9.17) is 5.73 Å². The fourth-order valence-electron chi connectivity index (χ4n) is 1.62. The maximum absolute atomic E-state index is 5.72. The molecule has 1 fully saturated rings. The van der Waals surface area contributed by atoms with Crippen LogP contribution in [-0.4, -0.2) is 17.0 Å². The van der Waals surface area contributed by atoms with E-state index in [9.17, 15) is 0 Å². The molecule has 10 heavy (non-hydrogen) atoms. The van der Waals surface area contributed by atoms with Gasteiger partial charge in [0.05, 0.1) is 0 Å². The van der Waals surface area contributed by atoms with Crippen molar-refractivity contribution in [1.29, 1.82) is 0 Å². The summed E-state index contributed by atoms with van der Waals surface area (Å²) in [5.74, 6) is 2.06. The third-order valence-electron chi connectivity index (χ3n) is 2.68. The molecule has 0 aromatic heterocycles. The average molecular weight is 159 g/mol. The Morgan fingerprint density at radius 2 is 2.40 bits per heavy atom. The molecule has 2 atom stereocenters. The lowest BCUT2D eigenvalue weighted by molar-refractivity contribution is 0.245. The molecule has 1 saturated carbocycles. The second kappa shape index (κ2) is 3.14. The highest BCUT2D eigenvalue weighted by Gasteiger charge is 2.42. The monoisotopic (exact) mass is 159 g/mol. The second-order valence-electron chi connectivity index (χ2n) is 3.14. The molecule has 1 aliphatic carbocycles. The zero-order valence-corrected chi connectivity index (χ0v) is 7.71. The molecule has 0 radical (unpaired) electrons. The van der Waals surface area contributed by atoms with E-state index < -0.39 is 0 Å². The zero-order valence-electron chi connectivity index (χ0n) is 6.89. The first-order valence-electron chi connectivity index (χ1n) is 4.09. The van der Waals surface area contributed by atoms with E-state index in [1.807, 2.05) is 11.8 Å². The van der Waals surface area contributed by atoms with Gasteiger partial charge in [-0.25, -0.2) is 0 Å². The van der Waals surface area contributed by atoms with Crippen molar-refractivity contribution in [2.45, 2.75) is 31.4 Å². The van der Waals surface area contributed by atoms with Crippen molar-refractivity contribution < 1.29 is 0 Å². The number of thioether (sulfide) groups is 1. The summed E-state index contributed by atoms with van der Waals surface area (Å²) < 4.78 is 0.467. The molecule has 1 rings (SSSR count). The molecule has 0 spiro atoms. The minimum absolute atomic E-state index is 0.467. The smallest absolute Gasteiger partial charge is 0.0307 e. The van der Waals surface area contributed by atoms with Crippen molar-refractivity contribution in [2.75, 3.05) is 12.3 Å². The maximum atomic E-state index is 5.72. The summed E-state index contributed by atoms with van der Waals surface area (Å²) in [7, 11) is 0. The fourth-order valence-corrected chi connectivity index (χ4v) is 2.98. The Balaban J connectivity index is 2.43. The Morgan fingerprint density at radius 1 is 1.70 bits per heavy atom. The molecule has 0 saturated heterocycles. The van der Waals surface area contributed by atoms with E-state index in [-0.39, 0.29) is 0 Å². The lowest BCUT2D eigenvalue weighted by atomic mass is 9.74. The predicted molar refractivity (Wildman–Crippen MR) is 48.3 cm³/mol. The standard InChI is InChI=1S/C8H17NS/c1-3-10-8(6-9)5-4-7(8)2/h7H,3-6,9H2,1-2H3. The van der Waals surface area contributed by atoms with E-state index in [2.05, 4.69) is 13.8 Å². The van der Waals surface area contributed by atoms with Gasteiger partial charge in [0.2, 0.25) is 0 Å². The van der Waals surface area contributed by atoms with E-state index in [1.165, 1.54) is 18.6 Å². The lowest BCUT2D eigenvalue weighted by Gasteiger charge is -2.46. The Hall–Kier alpha value is 0.310. The van der Waals surface area contributed by atoms with E-state index in [0.29, 0.717) is 4.75 Å². The van der Waals surface area contributed by atoms with Crippen LogP contribution in [0.5, 0.6) is 0 Å². The quantitative estimate of drug-likeness (QED) is 0.680. The van der Waals surface area contributed by atoms with Crippen molar-refractivity contribution in [3.63, 3.8) is 0 Å². The van der Waals surface area contributed by atoms with Crippen LogP contribution in [0.15, 0.2) is 0 Å². The van der Waals surface area contributed by atoms with Crippen LogP contribution in [0.25, 0.3) is 0 Å². The normalized spacial score (nSPS) is 39.3. The van der Waals surface area contributed by atoms with Crippen molar-refractivity contribution >= 4 is 11.8 Å². The van der Waals surface area contributed by atoms with Gasteiger partial charge in [0.15, 0.2) is 0 Å². The number of rotatable bonds is 3. The van der Waals surface area contributed by atoms with Crippen LogP contribution in [0.3, 0.4) is 0 Å². The zero-order chi connectivity index (χ0) is 7.61. The topological polar surface area (TPSA) is 26.0 Å². The van der Waals surface area contributed by atoms with Crippen LogP contribution in [0.2, 0.25) is 0 Å². The highest BCUT2D eigenvalue weighted by Crippen LogP contribution is 2.47. The number of hydrogen-bond acceptors (Lipinski definition) is 2. The summed E-state index contributed by atoms with van der Waals surface area (Å²) in [6.07, 6.45) is 2.72. The molecule has 0 aliphatic heterocycles. The van der Waals surface area contributed by atoms with E-state index in [0.717, 1.165) is 12.5 Å². The van der Waals surface area contributed by atoms with Crippen molar-refractivity contribution in [2.24, 2.45) is 11.7 Å². The molecule has 2 unspecified atom stereocenters. The van der Waals surface area contributed by atoms with Gasteiger partial charge in [0.1, 0.15) is 0 Å². The molecule has 0 aromatic carbocycles. The third-order valence-corrected chi connectivity index (χ3v) is 4.31. The van der Waals surface area contributed by atoms with Gasteiger partial charge < -0.3 is 5.73 Å². The summed E-state index contributed by atoms with van der Waals surface area (Å²) >= 11 is 2.05. The highest BCUT2D eigenvalue weighted by atomic mass is 32.2. The second-order valence-corrected chi connectivity index (χ2v) is 4.82.